The molecule has 0 saturated heterocycles. The van der Waals surface area contributed by atoms with Gasteiger partial charge < -0.3 is 5.11 Å². The lowest BCUT2D eigenvalue weighted by atomic mass is 9.82. The Bertz CT molecular complexity index is 310. The van der Waals surface area contributed by atoms with E-state index in [0.717, 1.165) is 0 Å². The molecular formula is C13H19ClO. The summed E-state index contributed by atoms with van der Waals surface area (Å²) in [5, 5.41) is 9.29. The molecule has 0 saturated carbocycles. The minimum absolute atomic E-state index is 0.0822. The zero-order chi connectivity index (χ0) is 11.6. The molecular weight excluding hydrogens is 208 g/mol. The molecule has 1 rings (SSSR count). The summed E-state index contributed by atoms with van der Waals surface area (Å²) in [4.78, 5) is 0. The normalized spacial score (nSPS) is 16.1. The summed E-state index contributed by atoms with van der Waals surface area (Å²) >= 11 is 6.42. The summed E-state index contributed by atoms with van der Waals surface area (Å²) in [5.41, 5.74) is 1.25. The third-order valence-corrected chi connectivity index (χ3v) is 3.72. The Kier molecular flexibility index (Phi) is 3.67. The number of aromatic hydroxyl groups is 1. The van der Waals surface area contributed by atoms with Crippen molar-refractivity contribution in [3.63, 3.8) is 0 Å². The molecule has 1 aromatic carbocycles. The molecule has 2 unspecified atom stereocenters. The first-order chi connectivity index (χ1) is 6.82. The smallest absolute Gasteiger partial charge is 0.115 e. The van der Waals surface area contributed by atoms with Gasteiger partial charge in [-0.25, -0.2) is 0 Å². The van der Waals surface area contributed by atoms with Crippen molar-refractivity contribution in [1.29, 1.82) is 0 Å². The van der Waals surface area contributed by atoms with Crippen molar-refractivity contribution in [2.45, 2.75) is 39.0 Å². The van der Waals surface area contributed by atoms with Crippen LogP contribution >= 0.6 is 11.6 Å². The van der Waals surface area contributed by atoms with Crippen molar-refractivity contribution in [1.82, 2.24) is 0 Å². The molecule has 0 aliphatic heterocycles. The van der Waals surface area contributed by atoms with Crippen LogP contribution in [0.3, 0.4) is 0 Å². The van der Waals surface area contributed by atoms with Gasteiger partial charge in [0.15, 0.2) is 0 Å². The summed E-state index contributed by atoms with van der Waals surface area (Å²) in [5.74, 6) is 0.583. The molecule has 1 N–H and O–H groups in total. The molecule has 2 atom stereocenters. The van der Waals surface area contributed by atoms with Gasteiger partial charge in [0.05, 0.1) is 0 Å². The second kappa shape index (κ2) is 4.44. The molecule has 0 aromatic heterocycles. The molecule has 0 aliphatic rings. The Balaban J connectivity index is 2.85. The monoisotopic (exact) mass is 226 g/mol. The second-order valence-corrected chi connectivity index (χ2v) is 5.62. The standard InChI is InChI=1S/C13H19ClO/c1-9(12(14)13(2,3)4)10-5-7-11(15)8-6-10/h5-9,12,15H,1-4H3. The fourth-order valence-electron chi connectivity index (χ4n) is 1.70. The largest absolute Gasteiger partial charge is 0.508 e. The van der Waals surface area contributed by atoms with Crippen LogP contribution in [-0.2, 0) is 0 Å². The van der Waals surface area contributed by atoms with Gasteiger partial charge in [-0.3, -0.25) is 0 Å². The van der Waals surface area contributed by atoms with E-state index >= 15 is 0 Å². The van der Waals surface area contributed by atoms with E-state index in [0.29, 0.717) is 5.75 Å². The van der Waals surface area contributed by atoms with E-state index in [2.05, 4.69) is 27.7 Å². The van der Waals surface area contributed by atoms with Crippen molar-refractivity contribution in [3.05, 3.63) is 29.8 Å². The van der Waals surface area contributed by atoms with Crippen LogP contribution < -0.4 is 0 Å². The highest BCUT2D eigenvalue weighted by Gasteiger charge is 2.28. The van der Waals surface area contributed by atoms with Crippen LogP contribution in [0, 0.1) is 5.41 Å². The zero-order valence-corrected chi connectivity index (χ0v) is 10.5. The zero-order valence-electron chi connectivity index (χ0n) is 9.79. The van der Waals surface area contributed by atoms with Crippen LogP contribution in [0.5, 0.6) is 5.75 Å². The second-order valence-electron chi connectivity index (χ2n) is 5.15. The minimum Gasteiger partial charge on any atom is -0.508 e. The molecule has 1 nitrogen and oxygen atoms in total. The van der Waals surface area contributed by atoms with Crippen LogP contribution in [0.25, 0.3) is 0 Å². The topological polar surface area (TPSA) is 20.2 Å². The first-order valence-electron chi connectivity index (χ1n) is 5.25. The molecule has 0 fully saturated rings. The lowest BCUT2D eigenvalue weighted by Gasteiger charge is -2.30. The molecule has 0 radical (unpaired) electrons. The SMILES string of the molecule is CC(c1ccc(O)cc1)C(Cl)C(C)(C)C. The van der Waals surface area contributed by atoms with E-state index < -0.39 is 0 Å². The third kappa shape index (κ3) is 3.13. The molecule has 0 amide bonds. The van der Waals surface area contributed by atoms with Crippen LogP contribution in [0.15, 0.2) is 24.3 Å². The number of halogens is 1. The fraction of sp³-hybridized carbons (Fsp3) is 0.538. The molecule has 0 heterocycles. The van der Waals surface area contributed by atoms with Gasteiger partial charge in [-0.05, 0) is 29.0 Å². The number of hydrogen-bond donors (Lipinski definition) is 1. The number of phenolic OH excluding ortho intramolecular Hbond substituents is 1. The van der Waals surface area contributed by atoms with Crippen molar-refractivity contribution in [3.8, 4) is 5.75 Å². The van der Waals surface area contributed by atoms with E-state index in [1.165, 1.54) is 5.56 Å². The summed E-state index contributed by atoms with van der Waals surface area (Å²) in [6.07, 6.45) is 0. The first-order valence-corrected chi connectivity index (χ1v) is 5.69. The van der Waals surface area contributed by atoms with E-state index in [9.17, 15) is 5.11 Å². The van der Waals surface area contributed by atoms with Gasteiger partial charge in [-0.15, -0.1) is 11.6 Å². The number of hydrogen-bond acceptors (Lipinski definition) is 1. The highest BCUT2D eigenvalue weighted by atomic mass is 35.5. The van der Waals surface area contributed by atoms with Crippen molar-refractivity contribution in [2.24, 2.45) is 5.41 Å². The van der Waals surface area contributed by atoms with Crippen molar-refractivity contribution >= 4 is 11.6 Å². The maximum Gasteiger partial charge on any atom is 0.115 e. The number of rotatable bonds is 2. The molecule has 0 bridgehead atoms. The van der Waals surface area contributed by atoms with Gasteiger partial charge in [0.25, 0.3) is 0 Å². The van der Waals surface area contributed by atoms with Gasteiger partial charge in [-0.1, -0.05) is 39.8 Å². The van der Waals surface area contributed by atoms with E-state index in [1.807, 2.05) is 12.1 Å². The molecule has 0 spiro atoms. The fourth-order valence-corrected chi connectivity index (χ4v) is 1.84. The number of benzene rings is 1. The Morgan fingerprint density at radius 3 is 2.00 bits per heavy atom. The molecule has 1 aromatic rings. The maximum atomic E-state index is 9.20. The summed E-state index contributed by atoms with van der Waals surface area (Å²) in [6, 6.07) is 7.28. The van der Waals surface area contributed by atoms with Gasteiger partial charge in [-0.2, -0.15) is 0 Å². The van der Waals surface area contributed by atoms with E-state index in [1.54, 1.807) is 12.1 Å². The minimum atomic E-state index is 0.0822. The maximum absolute atomic E-state index is 9.20. The Morgan fingerprint density at radius 1 is 1.13 bits per heavy atom. The van der Waals surface area contributed by atoms with Crippen LogP contribution in [0.1, 0.15) is 39.2 Å². The summed E-state index contributed by atoms with van der Waals surface area (Å²) in [6.45, 7) is 8.54. The third-order valence-electron chi connectivity index (χ3n) is 2.69. The lowest BCUT2D eigenvalue weighted by Crippen LogP contribution is -2.26. The van der Waals surface area contributed by atoms with E-state index in [4.69, 9.17) is 11.6 Å². The van der Waals surface area contributed by atoms with Crippen LogP contribution in [-0.4, -0.2) is 10.5 Å². The molecule has 84 valence electrons. The summed E-state index contributed by atoms with van der Waals surface area (Å²) in [7, 11) is 0. The van der Waals surface area contributed by atoms with Crippen molar-refractivity contribution < 1.29 is 5.11 Å². The van der Waals surface area contributed by atoms with Gasteiger partial charge in [0, 0.05) is 5.38 Å². The quantitative estimate of drug-likeness (QED) is 0.752. The Hall–Kier alpha value is -0.690. The van der Waals surface area contributed by atoms with Gasteiger partial charge in [0.1, 0.15) is 5.75 Å². The van der Waals surface area contributed by atoms with Crippen LogP contribution in [0.2, 0.25) is 0 Å². The highest BCUT2D eigenvalue weighted by molar-refractivity contribution is 6.21. The number of phenols is 1. The first kappa shape index (κ1) is 12.4. The Morgan fingerprint density at radius 2 is 1.60 bits per heavy atom. The molecule has 15 heavy (non-hydrogen) atoms. The number of alkyl halides is 1. The van der Waals surface area contributed by atoms with E-state index in [-0.39, 0.29) is 16.7 Å². The predicted molar refractivity (Wildman–Crippen MR) is 65.6 cm³/mol. The predicted octanol–water partition coefficient (Wildman–Crippen LogP) is 4.15. The average molecular weight is 227 g/mol. The molecule has 2 heteroatoms. The lowest BCUT2D eigenvalue weighted by molar-refractivity contribution is 0.357. The molecule has 0 aliphatic carbocycles. The Labute approximate surface area is 97.1 Å². The van der Waals surface area contributed by atoms with Crippen molar-refractivity contribution in [2.75, 3.05) is 0 Å². The van der Waals surface area contributed by atoms with Crippen LogP contribution in [0.4, 0.5) is 0 Å². The van der Waals surface area contributed by atoms with Gasteiger partial charge >= 0.3 is 0 Å². The highest BCUT2D eigenvalue weighted by Crippen LogP contribution is 2.36. The average Bonchev–Trinajstić information content (AvgIpc) is 2.15. The van der Waals surface area contributed by atoms with Gasteiger partial charge in [0.2, 0.25) is 0 Å². The summed E-state index contributed by atoms with van der Waals surface area (Å²) < 4.78 is 0.